The highest BCUT2D eigenvalue weighted by molar-refractivity contribution is 7.89. The summed E-state index contributed by atoms with van der Waals surface area (Å²) in [6.07, 6.45) is 6.66. The van der Waals surface area contributed by atoms with Gasteiger partial charge in [0.15, 0.2) is 11.6 Å². The number of nitrogens with one attached hydrogen (secondary N) is 1. The van der Waals surface area contributed by atoms with Crippen molar-refractivity contribution < 1.29 is 17.5 Å². The standard InChI is InChI=1S/C19H28FNO3S/c1-4-5-6-7-12-25(22,23)21-19(10-11-19)16-8-9-17(20)18(13-16)24-14-15(2)3/h5-6,8-9,13,15,21H,4,7,10-12,14H2,1-3H3/b6-5+. The highest BCUT2D eigenvalue weighted by Crippen LogP contribution is 2.47. The third-order valence-corrected chi connectivity index (χ3v) is 5.59. The van der Waals surface area contributed by atoms with Gasteiger partial charge in [-0.25, -0.2) is 17.5 Å². The first kappa shape index (κ1) is 19.9. The summed E-state index contributed by atoms with van der Waals surface area (Å²) in [4.78, 5) is 0. The second kappa shape index (κ2) is 8.32. The van der Waals surface area contributed by atoms with Crippen LogP contribution in [0.3, 0.4) is 0 Å². The third-order valence-electron chi connectivity index (χ3n) is 4.11. The fourth-order valence-electron chi connectivity index (χ4n) is 2.60. The van der Waals surface area contributed by atoms with Gasteiger partial charge < -0.3 is 4.74 Å². The predicted molar refractivity (Wildman–Crippen MR) is 98.6 cm³/mol. The maximum Gasteiger partial charge on any atom is 0.212 e. The van der Waals surface area contributed by atoms with Crippen molar-refractivity contribution >= 4 is 10.0 Å². The van der Waals surface area contributed by atoms with E-state index >= 15 is 0 Å². The summed E-state index contributed by atoms with van der Waals surface area (Å²) in [5.41, 5.74) is 0.150. The Morgan fingerprint density at radius 2 is 2.04 bits per heavy atom. The van der Waals surface area contributed by atoms with Gasteiger partial charge in [0.2, 0.25) is 10.0 Å². The van der Waals surface area contributed by atoms with Crippen LogP contribution in [0.1, 0.15) is 52.0 Å². The molecule has 0 radical (unpaired) electrons. The summed E-state index contributed by atoms with van der Waals surface area (Å²) in [6.45, 7) is 6.41. The normalized spacial score (nSPS) is 16.5. The van der Waals surface area contributed by atoms with E-state index in [2.05, 4.69) is 4.72 Å². The number of rotatable bonds is 10. The zero-order chi connectivity index (χ0) is 18.5. The van der Waals surface area contributed by atoms with E-state index in [0.717, 1.165) is 12.0 Å². The number of ether oxygens (including phenoxy) is 1. The van der Waals surface area contributed by atoms with Gasteiger partial charge in [-0.1, -0.05) is 39.0 Å². The van der Waals surface area contributed by atoms with Crippen molar-refractivity contribution in [1.29, 1.82) is 0 Å². The highest BCUT2D eigenvalue weighted by Gasteiger charge is 2.47. The maximum atomic E-state index is 13.9. The number of sulfonamides is 1. The zero-order valence-electron chi connectivity index (χ0n) is 15.2. The minimum Gasteiger partial charge on any atom is -0.490 e. The van der Waals surface area contributed by atoms with E-state index in [-0.39, 0.29) is 17.4 Å². The van der Waals surface area contributed by atoms with Crippen LogP contribution in [-0.2, 0) is 15.6 Å². The van der Waals surface area contributed by atoms with Crippen LogP contribution < -0.4 is 9.46 Å². The van der Waals surface area contributed by atoms with Gasteiger partial charge in [0, 0.05) is 0 Å². The van der Waals surface area contributed by atoms with Crippen LogP contribution in [0.5, 0.6) is 5.75 Å². The number of hydrogen-bond acceptors (Lipinski definition) is 3. The molecule has 0 atom stereocenters. The van der Waals surface area contributed by atoms with Gasteiger partial charge in [0.1, 0.15) is 0 Å². The van der Waals surface area contributed by atoms with Gasteiger partial charge in [-0.05, 0) is 49.3 Å². The number of hydrogen-bond donors (Lipinski definition) is 1. The lowest BCUT2D eigenvalue weighted by molar-refractivity contribution is 0.259. The highest BCUT2D eigenvalue weighted by atomic mass is 32.2. The van der Waals surface area contributed by atoms with E-state index in [1.54, 1.807) is 12.1 Å². The molecule has 1 aromatic rings. The first-order valence-electron chi connectivity index (χ1n) is 8.87. The Bertz CT molecular complexity index is 709. The van der Waals surface area contributed by atoms with Crippen molar-refractivity contribution in [2.45, 2.75) is 52.0 Å². The molecule has 2 rings (SSSR count). The van der Waals surface area contributed by atoms with Crippen LogP contribution in [0.25, 0.3) is 0 Å². The summed E-state index contributed by atoms with van der Waals surface area (Å²) in [6, 6.07) is 4.62. The molecule has 1 N–H and O–H groups in total. The summed E-state index contributed by atoms with van der Waals surface area (Å²) >= 11 is 0. The quantitative estimate of drug-likeness (QED) is 0.631. The number of benzene rings is 1. The monoisotopic (exact) mass is 369 g/mol. The molecule has 0 saturated heterocycles. The lowest BCUT2D eigenvalue weighted by Crippen LogP contribution is -2.36. The number of allylic oxidation sites excluding steroid dienone is 2. The Morgan fingerprint density at radius 1 is 1.32 bits per heavy atom. The van der Waals surface area contributed by atoms with Gasteiger partial charge in [-0.2, -0.15) is 0 Å². The fraction of sp³-hybridized carbons (Fsp3) is 0.579. The Morgan fingerprint density at radius 3 is 2.64 bits per heavy atom. The van der Waals surface area contributed by atoms with E-state index in [1.807, 2.05) is 32.9 Å². The predicted octanol–water partition coefficient (Wildman–Crippen LogP) is 4.13. The van der Waals surface area contributed by atoms with Crippen molar-refractivity contribution in [3.05, 3.63) is 41.7 Å². The molecule has 0 aromatic heterocycles. The van der Waals surface area contributed by atoms with E-state index in [4.69, 9.17) is 4.74 Å². The molecule has 1 fully saturated rings. The molecule has 0 aliphatic heterocycles. The second-order valence-corrected chi connectivity index (χ2v) is 8.86. The molecular weight excluding hydrogens is 341 g/mol. The molecule has 0 unspecified atom stereocenters. The molecule has 0 amide bonds. The van der Waals surface area contributed by atoms with Crippen LogP contribution in [0.2, 0.25) is 0 Å². The summed E-state index contributed by atoms with van der Waals surface area (Å²) in [5, 5.41) is 0. The molecule has 1 aliphatic carbocycles. The summed E-state index contributed by atoms with van der Waals surface area (Å²) in [5.74, 6) is 0.103. The first-order valence-corrected chi connectivity index (χ1v) is 10.5. The minimum absolute atomic E-state index is 0.0587. The van der Waals surface area contributed by atoms with E-state index < -0.39 is 21.4 Å². The number of halogens is 1. The average molecular weight is 370 g/mol. The van der Waals surface area contributed by atoms with Gasteiger partial charge in [-0.3, -0.25) is 0 Å². The second-order valence-electron chi connectivity index (χ2n) is 7.02. The molecule has 6 heteroatoms. The van der Waals surface area contributed by atoms with Crippen LogP contribution in [0.4, 0.5) is 4.39 Å². The lowest BCUT2D eigenvalue weighted by Gasteiger charge is -2.19. The lowest BCUT2D eigenvalue weighted by atomic mass is 10.1. The van der Waals surface area contributed by atoms with Gasteiger partial charge >= 0.3 is 0 Å². The Hall–Kier alpha value is -1.40. The summed E-state index contributed by atoms with van der Waals surface area (Å²) in [7, 11) is -3.39. The van der Waals surface area contributed by atoms with Crippen LogP contribution in [0.15, 0.2) is 30.4 Å². The van der Waals surface area contributed by atoms with Crippen molar-refractivity contribution in [3.8, 4) is 5.75 Å². The van der Waals surface area contributed by atoms with E-state index in [1.165, 1.54) is 6.07 Å². The molecule has 140 valence electrons. The molecule has 0 heterocycles. The molecule has 1 aliphatic rings. The van der Waals surface area contributed by atoms with Crippen molar-refractivity contribution in [1.82, 2.24) is 4.72 Å². The average Bonchev–Trinajstić information content (AvgIpc) is 3.30. The molecule has 1 aromatic carbocycles. The first-order chi connectivity index (χ1) is 11.8. The Kier molecular flexibility index (Phi) is 6.63. The van der Waals surface area contributed by atoms with Crippen LogP contribution in [-0.4, -0.2) is 20.8 Å². The SMILES string of the molecule is CC/C=C/CCS(=O)(=O)NC1(c2ccc(F)c(OCC(C)C)c2)CC1. The maximum absolute atomic E-state index is 13.9. The third kappa shape index (κ3) is 5.82. The summed E-state index contributed by atoms with van der Waals surface area (Å²) < 4.78 is 46.9. The van der Waals surface area contributed by atoms with Gasteiger partial charge in [0.25, 0.3) is 0 Å². The molecule has 1 saturated carbocycles. The van der Waals surface area contributed by atoms with Gasteiger partial charge in [-0.15, -0.1) is 0 Å². The Balaban J connectivity index is 2.09. The van der Waals surface area contributed by atoms with E-state index in [9.17, 15) is 12.8 Å². The molecule has 0 bridgehead atoms. The molecule has 0 spiro atoms. The molecular formula is C19H28FNO3S. The van der Waals surface area contributed by atoms with Crippen LogP contribution in [0, 0.1) is 11.7 Å². The van der Waals surface area contributed by atoms with Crippen molar-refractivity contribution in [3.63, 3.8) is 0 Å². The Labute approximate surface area is 150 Å². The topological polar surface area (TPSA) is 55.4 Å². The zero-order valence-corrected chi connectivity index (χ0v) is 16.0. The van der Waals surface area contributed by atoms with Gasteiger partial charge in [0.05, 0.1) is 17.9 Å². The van der Waals surface area contributed by atoms with E-state index in [0.29, 0.717) is 25.9 Å². The fourth-order valence-corrected chi connectivity index (χ4v) is 4.06. The van der Waals surface area contributed by atoms with Crippen molar-refractivity contribution in [2.75, 3.05) is 12.4 Å². The largest absolute Gasteiger partial charge is 0.490 e. The van der Waals surface area contributed by atoms with Crippen LogP contribution >= 0.6 is 0 Å². The smallest absolute Gasteiger partial charge is 0.212 e. The molecule has 4 nitrogen and oxygen atoms in total. The minimum atomic E-state index is -3.39. The molecule has 25 heavy (non-hydrogen) atoms. The van der Waals surface area contributed by atoms with Crippen molar-refractivity contribution in [2.24, 2.45) is 5.92 Å².